The molecule has 0 aliphatic carbocycles. The molecule has 5 nitrogen and oxygen atoms in total. The van der Waals surface area contributed by atoms with Crippen molar-refractivity contribution in [3.8, 4) is 5.75 Å². The Labute approximate surface area is 138 Å². The minimum atomic E-state index is -0.451. The summed E-state index contributed by atoms with van der Waals surface area (Å²) in [5.41, 5.74) is 0.379. The van der Waals surface area contributed by atoms with Crippen molar-refractivity contribution < 1.29 is 14.3 Å². The van der Waals surface area contributed by atoms with Crippen molar-refractivity contribution in [1.82, 2.24) is 4.90 Å². The molecule has 0 radical (unpaired) electrons. The fourth-order valence-electron chi connectivity index (χ4n) is 3.03. The number of carbonyl (C=O) groups excluding carboxylic acids is 2. The predicted octanol–water partition coefficient (Wildman–Crippen LogP) is 2.70. The third kappa shape index (κ3) is 3.49. The summed E-state index contributed by atoms with van der Waals surface area (Å²) in [5, 5.41) is 0. The van der Waals surface area contributed by atoms with E-state index in [0.29, 0.717) is 6.54 Å². The zero-order valence-corrected chi connectivity index (χ0v) is 14.6. The molecule has 0 aromatic heterocycles. The quantitative estimate of drug-likeness (QED) is 0.857. The van der Waals surface area contributed by atoms with Gasteiger partial charge in [0.1, 0.15) is 12.3 Å². The SMILES string of the molecule is CC[C@H](C)C(=O)N1CC(=O)N(c2ccc(OC)cc2)C(C)(C)C1. The van der Waals surface area contributed by atoms with Gasteiger partial charge in [-0.2, -0.15) is 0 Å². The van der Waals surface area contributed by atoms with Crippen LogP contribution >= 0.6 is 0 Å². The second-order valence-corrected chi connectivity index (χ2v) is 6.74. The summed E-state index contributed by atoms with van der Waals surface area (Å²) in [6.45, 7) is 8.56. The summed E-state index contributed by atoms with van der Waals surface area (Å²) in [6, 6.07) is 7.44. The molecule has 0 N–H and O–H groups in total. The van der Waals surface area contributed by atoms with E-state index >= 15 is 0 Å². The third-order valence-corrected chi connectivity index (χ3v) is 4.43. The van der Waals surface area contributed by atoms with Gasteiger partial charge in [-0.15, -0.1) is 0 Å². The van der Waals surface area contributed by atoms with Gasteiger partial charge in [-0.05, 0) is 44.5 Å². The van der Waals surface area contributed by atoms with Crippen LogP contribution in [0.2, 0.25) is 0 Å². The monoisotopic (exact) mass is 318 g/mol. The Morgan fingerprint density at radius 1 is 1.30 bits per heavy atom. The number of hydrogen-bond acceptors (Lipinski definition) is 3. The molecule has 0 spiro atoms. The second-order valence-electron chi connectivity index (χ2n) is 6.74. The van der Waals surface area contributed by atoms with Crippen molar-refractivity contribution in [2.45, 2.75) is 39.7 Å². The van der Waals surface area contributed by atoms with E-state index in [1.165, 1.54) is 0 Å². The van der Waals surface area contributed by atoms with E-state index in [2.05, 4.69) is 0 Å². The van der Waals surface area contributed by atoms with Crippen LogP contribution < -0.4 is 9.64 Å². The molecule has 0 bridgehead atoms. The molecule has 2 rings (SSSR count). The average molecular weight is 318 g/mol. The zero-order chi connectivity index (χ0) is 17.2. The molecule has 5 heteroatoms. The molecule has 1 aliphatic heterocycles. The lowest BCUT2D eigenvalue weighted by Crippen LogP contribution is -2.64. The Bertz CT molecular complexity index is 580. The molecule has 1 aromatic carbocycles. The average Bonchev–Trinajstić information content (AvgIpc) is 2.52. The maximum absolute atomic E-state index is 12.7. The summed E-state index contributed by atoms with van der Waals surface area (Å²) in [6.07, 6.45) is 0.784. The molecule has 0 saturated carbocycles. The number of ether oxygens (including phenoxy) is 1. The first-order valence-electron chi connectivity index (χ1n) is 8.06. The van der Waals surface area contributed by atoms with Crippen molar-refractivity contribution >= 4 is 17.5 Å². The van der Waals surface area contributed by atoms with E-state index < -0.39 is 5.54 Å². The smallest absolute Gasteiger partial charge is 0.247 e. The highest BCUT2D eigenvalue weighted by Gasteiger charge is 2.41. The summed E-state index contributed by atoms with van der Waals surface area (Å²) in [7, 11) is 1.61. The van der Waals surface area contributed by atoms with Crippen LogP contribution in [0.1, 0.15) is 34.1 Å². The van der Waals surface area contributed by atoms with Gasteiger partial charge < -0.3 is 14.5 Å². The first kappa shape index (κ1) is 17.3. The second kappa shape index (κ2) is 6.60. The molecule has 23 heavy (non-hydrogen) atoms. The van der Waals surface area contributed by atoms with E-state index in [9.17, 15) is 9.59 Å². The number of rotatable bonds is 4. The number of carbonyl (C=O) groups is 2. The lowest BCUT2D eigenvalue weighted by Gasteiger charge is -2.47. The van der Waals surface area contributed by atoms with Gasteiger partial charge in [-0.3, -0.25) is 9.59 Å². The molecular weight excluding hydrogens is 292 g/mol. The molecule has 126 valence electrons. The van der Waals surface area contributed by atoms with Crippen molar-refractivity contribution in [2.75, 3.05) is 25.1 Å². The van der Waals surface area contributed by atoms with Gasteiger partial charge in [-0.1, -0.05) is 13.8 Å². The largest absolute Gasteiger partial charge is 0.497 e. The molecular formula is C18H26N2O3. The van der Waals surface area contributed by atoms with Gasteiger partial charge in [0.15, 0.2) is 0 Å². The summed E-state index contributed by atoms with van der Waals surface area (Å²) in [4.78, 5) is 28.6. The van der Waals surface area contributed by atoms with Gasteiger partial charge in [-0.25, -0.2) is 0 Å². The topological polar surface area (TPSA) is 49.9 Å². The number of amides is 2. The summed E-state index contributed by atoms with van der Waals surface area (Å²) >= 11 is 0. The van der Waals surface area contributed by atoms with Crippen molar-refractivity contribution in [3.05, 3.63) is 24.3 Å². The number of anilines is 1. The van der Waals surface area contributed by atoms with E-state index in [1.807, 2.05) is 52.0 Å². The number of benzene rings is 1. The van der Waals surface area contributed by atoms with E-state index in [0.717, 1.165) is 17.9 Å². The molecule has 2 amide bonds. The molecule has 1 aliphatic rings. The van der Waals surface area contributed by atoms with Crippen LogP contribution in [0.5, 0.6) is 5.75 Å². The van der Waals surface area contributed by atoms with Gasteiger partial charge in [0.05, 0.1) is 12.6 Å². The minimum Gasteiger partial charge on any atom is -0.497 e. The highest BCUT2D eigenvalue weighted by Crippen LogP contribution is 2.30. The number of hydrogen-bond donors (Lipinski definition) is 0. The Hall–Kier alpha value is -2.04. The van der Waals surface area contributed by atoms with Crippen LogP contribution in [0.25, 0.3) is 0 Å². The Morgan fingerprint density at radius 2 is 1.91 bits per heavy atom. The standard InChI is InChI=1S/C18H26N2O3/c1-6-13(2)17(22)19-11-16(21)20(18(3,4)12-19)14-7-9-15(23-5)10-8-14/h7-10,13H,6,11-12H2,1-5H3/t13-/m0/s1. The van der Waals surface area contributed by atoms with Crippen molar-refractivity contribution in [2.24, 2.45) is 5.92 Å². The normalized spacial score (nSPS) is 18.7. The van der Waals surface area contributed by atoms with Crippen LogP contribution in [-0.4, -0.2) is 42.5 Å². The maximum atomic E-state index is 12.7. The molecule has 1 saturated heterocycles. The fraction of sp³-hybridized carbons (Fsp3) is 0.556. The van der Waals surface area contributed by atoms with Crippen molar-refractivity contribution in [3.63, 3.8) is 0 Å². The van der Waals surface area contributed by atoms with E-state index in [1.54, 1.807) is 16.9 Å². The molecule has 0 unspecified atom stereocenters. The number of methoxy groups -OCH3 is 1. The van der Waals surface area contributed by atoms with Crippen LogP contribution in [0.4, 0.5) is 5.69 Å². The van der Waals surface area contributed by atoms with Gasteiger partial charge in [0.2, 0.25) is 11.8 Å². The summed E-state index contributed by atoms with van der Waals surface area (Å²) < 4.78 is 5.17. The van der Waals surface area contributed by atoms with Crippen LogP contribution in [0, 0.1) is 5.92 Å². The zero-order valence-electron chi connectivity index (χ0n) is 14.6. The highest BCUT2D eigenvalue weighted by atomic mass is 16.5. The van der Waals surface area contributed by atoms with E-state index in [4.69, 9.17) is 4.74 Å². The van der Waals surface area contributed by atoms with Crippen LogP contribution in [-0.2, 0) is 9.59 Å². The van der Waals surface area contributed by atoms with Crippen LogP contribution in [0.3, 0.4) is 0 Å². The van der Waals surface area contributed by atoms with Crippen LogP contribution in [0.15, 0.2) is 24.3 Å². The Balaban J connectivity index is 2.24. The predicted molar refractivity (Wildman–Crippen MR) is 90.6 cm³/mol. The van der Waals surface area contributed by atoms with Gasteiger partial charge in [0, 0.05) is 18.2 Å². The first-order chi connectivity index (χ1) is 10.8. The number of nitrogens with zero attached hydrogens (tertiary/aromatic N) is 2. The highest BCUT2D eigenvalue weighted by molar-refractivity contribution is 5.99. The van der Waals surface area contributed by atoms with Gasteiger partial charge in [0.25, 0.3) is 0 Å². The molecule has 1 heterocycles. The Kier molecular flexibility index (Phi) is 4.97. The van der Waals surface area contributed by atoms with E-state index in [-0.39, 0.29) is 24.3 Å². The first-order valence-corrected chi connectivity index (χ1v) is 8.06. The summed E-state index contributed by atoms with van der Waals surface area (Å²) in [5.74, 6) is 0.710. The minimum absolute atomic E-state index is 0.0499. The Morgan fingerprint density at radius 3 is 2.39 bits per heavy atom. The maximum Gasteiger partial charge on any atom is 0.247 e. The lowest BCUT2D eigenvalue weighted by atomic mass is 9.95. The third-order valence-electron chi connectivity index (χ3n) is 4.43. The van der Waals surface area contributed by atoms with Gasteiger partial charge >= 0.3 is 0 Å². The number of piperazine rings is 1. The lowest BCUT2D eigenvalue weighted by molar-refractivity contribution is -0.142. The molecule has 1 atom stereocenters. The fourth-order valence-corrected chi connectivity index (χ4v) is 3.03. The molecule has 1 aromatic rings. The molecule has 1 fully saturated rings. The van der Waals surface area contributed by atoms with Crippen molar-refractivity contribution in [1.29, 1.82) is 0 Å².